The van der Waals surface area contributed by atoms with Crippen molar-refractivity contribution in [1.29, 1.82) is 0 Å². The number of ketones is 1. The Hall–Kier alpha value is -1.59. The molecule has 1 aromatic carbocycles. The first-order chi connectivity index (χ1) is 10.1. The minimum absolute atomic E-state index is 0.0357. The first kappa shape index (κ1) is 13.1. The van der Waals surface area contributed by atoms with Gasteiger partial charge in [0.1, 0.15) is 0 Å². The first-order valence-corrected chi connectivity index (χ1v) is 7.34. The van der Waals surface area contributed by atoms with Crippen molar-refractivity contribution in [3.63, 3.8) is 0 Å². The molecule has 5 heteroatoms. The number of methoxy groups -OCH3 is 1. The van der Waals surface area contributed by atoms with Crippen molar-refractivity contribution in [2.45, 2.75) is 24.5 Å². The van der Waals surface area contributed by atoms with Gasteiger partial charge in [0, 0.05) is 11.8 Å². The molecule has 2 N–H and O–H groups in total. The summed E-state index contributed by atoms with van der Waals surface area (Å²) in [4.78, 5) is 12.5. The van der Waals surface area contributed by atoms with Gasteiger partial charge in [0.05, 0.1) is 13.7 Å². The SMILES string of the molecule is COc1cc(C2C3CCC4C2COC4(O)C3=O)ccc1O. The first-order valence-electron chi connectivity index (χ1n) is 7.34. The highest BCUT2D eigenvalue weighted by Gasteiger charge is 2.66. The molecular weight excluding hydrogens is 272 g/mol. The molecule has 0 radical (unpaired) electrons. The van der Waals surface area contributed by atoms with E-state index in [2.05, 4.69) is 0 Å². The topological polar surface area (TPSA) is 76.0 Å². The zero-order chi connectivity index (χ0) is 14.8. The van der Waals surface area contributed by atoms with E-state index in [9.17, 15) is 15.0 Å². The van der Waals surface area contributed by atoms with Crippen molar-refractivity contribution in [2.24, 2.45) is 17.8 Å². The predicted octanol–water partition coefficient (Wildman–Crippen LogP) is 1.43. The van der Waals surface area contributed by atoms with Gasteiger partial charge in [0.2, 0.25) is 5.79 Å². The second kappa shape index (κ2) is 4.21. The quantitative estimate of drug-likeness (QED) is 0.861. The number of carbonyl (C=O) groups excluding carboxylic acids is 1. The third-order valence-corrected chi connectivity index (χ3v) is 5.48. The van der Waals surface area contributed by atoms with Crippen LogP contribution in [-0.4, -0.2) is 35.5 Å². The zero-order valence-electron chi connectivity index (χ0n) is 11.8. The minimum Gasteiger partial charge on any atom is -0.504 e. The molecule has 0 amide bonds. The van der Waals surface area contributed by atoms with Gasteiger partial charge in [-0.05, 0) is 42.4 Å². The summed E-state index contributed by atoms with van der Waals surface area (Å²) >= 11 is 0. The molecule has 0 aromatic heterocycles. The maximum atomic E-state index is 12.5. The molecule has 1 aliphatic heterocycles. The van der Waals surface area contributed by atoms with Crippen LogP contribution in [0.4, 0.5) is 0 Å². The summed E-state index contributed by atoms with van der Waals surface area (Å²) in [7, 11) is 1.51. The molecule has 3 aliphatic carbocycles. The Labute approximate surface area is 122 Å². The normalized spacial score (nSPS) is 40.6. The number of aliphatic hydroxyl groups is 1. The Bertz CT molecular complexity index is 613. The molecule has 3 saturated carbocycles. The van der Waals surface area contributed by atoms with Gasteiger partial charge in [0.25, 0.3) is 0 Å². The molecule has 5 nitrogen and oxygen atoms in total. The van der Waals surface area contributed by atoms with Gasteiger partial charge in [-0.1, -0.05) is 6.07 Å². The summed E-state index contributed by atoms with van der Waals surface area (Å²) in [6.45, 7) is 0.414. The van der Waals surface area contributed by atoms with E-state index < -0.39 is 5.79 Å². The van der Waals surface area contributed by atoms with Crippen molar-refractivity contribution in [2.75, 3.05) is 13.7 Å². The van der Waals surface area contributed by atoms with Gasteiger partial charge in [-0.2, -0.15) is 0 Å². The second-order valence-corrected chi connectivity index (χ2v) is 6.28. The Morgan fingerprint density at radius 3 is 2.95 bits per heavy atom. The van der Waals surface area contributed by atoms with Gasteiger partial charge in [0.15, 0.2) is 17.3 Å². The molecular formula is C16H18O5. The molecule has 1 heterocycles. The van der Waals surface area contributed by atoms with Crippen LogP contribution >= 0.6 is 0 Å². The molecule has 4 aliphatic rings. The van der Waals surface area contributed by atoms with Crippen LogP contribution in [0.15, 0.2) is 18.2 Å². The lowest BCUT2D eigenvalue weighted by atomic mass is 9.55. The Morgan fingerprint density at radius 1 is 1.38 bits per heavy atom. The largest absolute Gasteiger partial charge is 0.504 e. The van der Waals surface area contributed by atoms with Gasteiger partial charge >= 0.3 is 0 Å². The zero-order valence-corrected chi connectivity index (χ0v) is 11.8. The number of phenols is 1. The number of ether oxygens (including phenoxy) is 2. The van der Waals surface area contributed by atoms with Crippen molar-refractivity contribution < 1.29 is 24.5 Å². The summed E-state index contributed by atoms with van der Waals surface area (Å²) in [6, 6.07) is 5.24. The number of fused-ring (bicyclic) bond motifs is 1. The van der Waals surface area contributed by atoms with Crippen LogP contribution in [0, 0.1) is 17.8 Å². The van der Waals surface area contributed by atoms with E-state index in [-0.39, 0.29) is 35.2 Å². The summed E-state index contributed by atoms with van der Waals surface area (Å²) in [5.41, 5.74) is 0.977. The summed E-state index contributed by atoms with van der Waals surface area (Å²) in [5.74, 6) is -1.35. The average Bonchev–Trinajstić information content (AvgIpc) is 2.81. The summed E-state index contributed by atoms with van der Waals surface area (Å²) in [6.07, 6.45) is 1.63. The average molecular weight is 290 g/mol. The highest BCUT2D eigenvalue weighted by molar-refractivity contribution is 5.91. The van der Waals surface area contributed by atoms with Crippen LogP contribution in [0.1, 0.15) is 24.3 Å². The number of aromatic hydroxyl groups is 1. The van der Waals surface area contributed by atoms with Crippen LogP contribution in [-0.2, 0) is 9.53 Å². The fourth-order valence-corrected chi connectivity index (χ4v) is 4.53. The van der Waals surface area contributed by atoms with E-state index in [0.29, 0.717) is 12.4 Å². The number of phenolic OH excluding ortho intramolecular Hbond substituents is 1. The van der Waals surface area contributed by atoms with E-state index in [1.807, 2.05) is 6.07 Å². The standard InChI is InChI=1S/C16H18O5/c1-20-13-6-8(2-5-12(13)17)14-9-3-4-11-10(14)7-21-16(11,19)15(9)18/h2,5-6,9-11,14,17,19H,3-4,7H2,1H3. The van der Waals surface area contributed by atoms with Crippen LogP contribution in [0.2, 0.25) is 0 Å². The number of Topliss-reactive ketones (excluding diaryl/α,β-unsaturated/α-hetero) is 1. The van der Waals surface area contributed by atoms with E-state index >= 15 is 0 Å². The number of hydrogen-bond donors (Lipinski definition) is 2. The molecule has 0 spiro atoms. The lowest BCUT2D eigenvalue weighted by Gasteiger charge is -2.48. The molecule has 5 atom stereocenters. The van der Waals surface area contributed by atoms with Gasteiger partial charge in [-0.3, -0.25) is 4.79 Å². The molecule has 21 heavy (non-hydrogen) atoms. The lowest BCUT2D eigenvalue weighted by Crippen LogP contribution is -2.58. The van der Waals surface area contributed by atoms with Crippen LogP contribution < -0.4 is 4.74 Å². The van der Waals surface area contributed by atoms with E-state index in [0.717, 1.165) is 18.4 Å². The second-order valence-electron chi connectivity index (χ2n) is 6.28. The van der Waals surface area contributed by atoms with Crippen LogP contribution in [0.3, 0.4) is 0 Å². The molecule has 1 aromatic rings. The maximum absolute atomic E-state index is 12.5. The predicted molar refractivity (Wildman–Crippen MR) is 73.0 cm³/mol. The third kappa shape index (κ3) is 1.56. The lowest BCUT2D eigenvalue weighted by molar-refractivity contribution is -0.217. The number of benzene rings is 1. The number of carbonyl (C=O) groups is 1. The van der Waals surface area contributed by atoms with Crippen LogP contribution in [0.25, 0.3) is 0 Å². The van der Waals surface area contributed by atoms with Crippen molar-refractivity contribution in [1.82, 2.24) is 0 Å². The smallest absolute Gasteiger partial charge is 0.230 e. The fraction of sp³-hybridized carbons (Fsp3) is 0.562. The highest BCUT2D eigenvalue weighted by Crippen LogP contribution is 2.59. The molecule has 4 fully saturated rings. The molecule has 1 saturated heterocycles. The number of hydrogen-bond acceptors (Lipinski definition) is 5. The van der Waals surface area contributed by atoms with Crippen LogP contribution in [0.5, 0.6) is 11.5 Å². The Morgan fingerprint density at radius 2 is 2.19 bits per heavy atom. The van der Waals surface area contributed by atoms with Gasteiger partial charge in [-0.25, -0.2) is 0 Å². The Balaban J connectivity index is 1.78. The maximum Gasteiger partial charge on any atom is 0.230 e. The van der Waals surface area contributed by atoms with Crippen molar-refractivity contribution >= 4 is 5.78 Å². The summed E-state index contributed by atoms with van der Waals surface area (Å²) in [5, 5.41) is 20.2. The summed E-state index contributed by atoms with van der Waals surface area (Å²) < 4.78 is 10.6. The molecule has 5 unspecified atom stereocenters. The van der Waals surface area contributed by atoms with Crippen molar-refractivity contribution in [3.8, 4) is 11.5 Å². The molecule has 112 valence electrons. The van der Waals surface area contributed by atoms with E-state index in [4.69, 9.17) is 9.47 Å². The van der Waals surface area contributed by atoms with Gasteiger partial charge in [-0.15, -0.1) is 0 Å². The van der Waals surface area contributed by atoms with E-state index in [1.54, 1.807) is 12.1 Å². The van der Waals surface area contributed by atoms with Gasteiger partial charge < -0.3 is 19.7 Å². The minimum atomic E-state index is -1.55. The number of rotatable bonds is 2. The van der Waals surface area contributed by atoms with E-state index in [1.165, 1.54) is 7.11 Å². The molecule has 5 rings (SSSR count). The monoisotopic (exact) mass is 290 g/mol. The van der Waals surface area contributed by atoms with Crippen molar-refractivity contribution in [3.05, 3.63) is 23.8 Å². The third-order valence-electron chi connectivity index (χ3n) is 5.48. The fourth-order valence-electron chi connectivity index (χ4n) is 4.53. The Kier molecular flexibility index (Phi) is 2.63. The molecule has 4 bridgehead atoms. The highest BCUT2D eigenvalue weighted by atomic mass is 16.6.